The summed E-state index contributed by atoms with van der Waals surface area (Å²) < 4.78 is 16.7. The highest BCUT2D eigenvalue weighted by Gasteiger charge is 2.20. The van der Waals surface area contributed by atoms with E-state index in [0.29, 0.717) is 34.0 Å². The summed E-state index contributed by atoms with van der Waals surface area (Å²) in [5.74, 6) is 0.870. The molecule has 0 radical (unpaired) electrons. The maximum Gasteiger partial charge on any atom is 0.291 e. The van der Waals surface area contributed by atoms with Gasteiger partial charge in [0.15, 0.2) is 11.3 Å². The molecule has 0 aliphatic carbocycles. The molecule has 2 aromatic heterocycles. The van der Waals surface area contributed by atoms with Crippen molar-refractivity contribution in [2.75, 3.05) is 12.4 Å². The molecule has 5 aromatic rings. The van der Waals surface area contributed by atoms with Gasteiger partial charge in [-0.3, -0.25) is 14.9 Å². The molecule has 0 saturated carbocycles. The second-order valence-electron chi connectivity index (χ2n) is 7.83. The highest BCUT2D eigenvalue weighted by molar-refractivity contribution is 6.03. The van der Waals surface area contributed by atoms with E-state index in [1.165, 1.54) is 18.2 Å². The van der Waals surface area contributed by atoms with E-state index in [4.69, 9.17) is 13.6 Å². The lowest BCUT2D eigenvalue weighted by atomic mass is 10.1. The first-order valence-corrected chi connectivity index (χ1v) is 10.6. The number of rotatable bonds is 6. The van der Waals surface area contributed by atoms with Crippen molar-refractivity contribution in [3.8, 4) is 28.5 Å². The Hall–Kier alpha value is -4.92. The number of nitrogens with one attached hydrogen (secondary N) is 1. The Balaban J connectivity index is 1.38. The van der Waals surface area contributed by atoms with Gasteiger partial charge in [0, 0.05) is 17.3 Å². The topological polar surface area (TPSA) is 121 Å². The number of nitro benzene ring substituents is 1. The molecule has 0 aliphatic rings. The number of nitrogens with zero attached hydrogens (tertiary/aromatic N) is 2. The maximum absolute atomic E-state index is 12.8. The summed E-state index contributed by atoms with van der Waals surface area (Å²) in [7, 11) is 1.59. The van der Waals surface area contributed by atoms with Gasteiger partial charge < -0.3 is 18.9 Å². The van der Waals surface area contributed by atoms with Crippen LogP contribution in [0.1, 0.15) is 16.1 Å². The first-order chi connectivity index (χ1) is 16.9. The third kappa shape index (κ3) is 4.34. The third-order valence-corrected chi connectivity index (χ3v) is 5.41. The normalized spacial score (nSPS) is 10.9. The third-order valence-electron chi connectivity index (χ3n) is 5.41. The van der Waals surface area contributed by atoms with Crippen LogP contribution in [0.15, 0.2) is 81.6 Å². The highest BCUT2D eigenvalue weighted by atomic mass is 16.6. The Morgan fingerprint density at radius 3 is 2.69 bits per heavy atom. The van der Waals surface area contributed by atoms with Crippen molar-refractivity contribution in [2.45, 2.75) is 6.92 Å². The number of fused-ring (bicyclic) bond motifs is 1. The van der Waals surface area contributed by atoms with Crippen LogP contribution in [0.25, 0.3) is 33.9 Å². The van der Waals surface area contributed by atoms with E-state index in [2.05, 4.69) is 10.3 Å². The van der Waals surface area contributed by atoms with Crippen LogP contribution in [0.5, 0.6) is 5.75 Å². The fourth-order valence-electron chi connectivity index (χ4n) is 3.68. The number of methoxy groups -OCH3 is 1. The molecule has 1 amide bonds. The molecule has 9 nitrogen and oxygen atoms in total. The van der Waals surface area contributed by atoms with E-state index in [1.54, 1.807) is 44.4 Å². The summed E-state index contributed by atoms with van der Waals surface area (Å²) >= 11 is 0. The SMILES string of the molecule is COc1cccc(-c2nc3cc(NC(=O)c4ccc(-c5ccc(C)cc5[N+](=O)[O-])o4)ccc3o2)c1. The Bertz CT molecular complexity index is 1580. The van der Waals surface area contributed by atoms with Gasteiger partial charge in [0.2, 0.25) is 5.89 Å². The van der Waals surface area contributed by atoms with Crippen molar-refractivity contribution in [3.05, 3.63) is 94.2 Å². The van der Waals surface area contributed by atoms with Crippen LogP contribution >= 0.6 is 0 Å². The van der Waals surface area contributed by atoms with Crippen LogP contribution in [0.2, 0.25) is 0 Å². The second kappa shape index (κ2) is 8.79. The van der Waals surface area contributed by atoms with E-state index < -0.39 is 10.8 Å². The molecule has 0 aliphatic heterocycles. The largest absolute Gasteiger partial charge is 0.497 e. The molecule has 0 saturated heterocycles. The number of carbonyl (C=O) groups excluding carboxylic acids is 1. The first kappa shape index (κ1) is 21.9. The number of aromatic nitrogens is 1. The minimum Gasteiger partial charge on any atom is -0.497 e. The van der Waals surface area contributed by atoms with Crippen molar-refractivity contribution in [1.82, 2.24) is 4.98 Å². The van der Waals surface area contributed by atoms with E-state index in [-0.39, 0.29) is 17.2 Å². The molecular weight excluding hydrogens is 450 g/mol. The second-order valence-corrected chi connectivity index (χ2v) is 7.83. The van der Waals surface area contributed by atoms with Gasteiger partial charge in [-0.05, 0) is 67.1 Å². The van der Waals surface area contributed by atoms with Crippen molar-refractivity contribution in [2.24, 2.45) is 0 Å². The van der Waals surface area contributed by atoms with Crippen LogP contribution in [-0.2, 0) is 0 Å². The molecule has 3 aromatic carbocycles. The summed E-state index contributed by atoms with van der Waals surface area (Å²) in [6.07, 6.45) is 0. The van der Waals surface area contributed by atoms with Crippen LogP contribution in [0.4, 0.5) is 11.4 Å². The molecule has 2 heterocycles. The summed E-state index contributed by atoms with van der Waals surface area (Å²) in [5, 5.41) is 14.2. The van der Waals surface area contributed by atoms with Gasteiger partial charge >= 0.3 is 0 Å². The molecule has 174 valence electrons. The van der Waals surface area contributed by atoms with Crippen molar-refractivity contribution in [3.63, 3.8) is 0 Å². The molecule has 5 rings (SSSR count). The number of furan rings is 1. The van der Waals surface area contributed by atoms with Crippen LogP contribution in [0.3, 0.4) is 0 Å². The summed E-state index contributed by atoms with van der Waals surface area (Å²) in [4.78, 5) is 28.2. The summed E-state index contributed by atoms with van der Waals surface area (Å²) in [6.45, 7) is 1.77. The maximum atomic E-state index is 12.8. The zero-order valence-electron chi connectivity index (χ0n) is 18.8. The lowest BCUT2D eigenvalue weighted by Gasteiger charge is -2.03. The summed E-state index contributed by atoms with van der Waals surface area (Å²) in [6, 6.07) is 20.3. The number of nitro groups is 1. The quantitative estimate of drug-likeness (QED) is 0.231. The Kier molecular flexibility index (Phi) is 5.50. The lowest BCUT2D eigenvalue weighted by molar-refractivity contribution is -0.384. The van der Waals surface area contributed by atoms with Gasteiger partial charge in [-0.15, -0.1) is 0 Å². The molecule has 1 N–H and O–H groups in total. The minimum atomic E-state index is -0.498. The Morgan fingerprint density at radius 1 is 1.03 bits per heavy atom. The van der Waals surface area contributed by atoms with Crippen molar-refractivity contribution >= 4 is 28.4 Å². The molecular formula is C26H19N3O6. The fraction of sp³-hybridized carbons (Fsp3) is 0.0769. The average Bonchev–Trinajstić information content (AvgIpc) is 3.51. The standard InChI is InChI=1S/C26H19N3O6/c1-15-6-8-19(21(12-15)29(31)32)22-10-11-24(34-22)25(30)27-17-7-9-23-20(14-17)28-26(35-23)16-4-3-5-18(13-16)33-2/h3-14H,1-2H3,(H,27,30). The number of anilines is 1. The summed E-state index contributed by atoms with van der Waals surface area (Å²) in [5.41, 5.74) is 3.35. The van der Waals surface area contributed by atoms with Crippen LogP contribution < -0.4 is 10.1 Å². The number of hydrogen-bond acceptors (Lipinski definition) is 7. The molecule has 0 bridgehead atoms. The number of oxazole rings is 1. The van der Waals surface area contributed by atoms with E-state index >= 15 is 0 Å². The van der Waals surface area contributed by atoms with Gasteiger partial charge in [0.1, 0.15) is 17.0 Å². The zero-order chi connectivity index (χ0) is 24.5. The Morgan fingerprint density at radius 2 is 1.89 bits per heavy atom. The van der Waals surface area contributed by atoms with Gasteiger partial charge in [-0.1, -0.05) is 12.1 Å². The lowest BCUT2D eigenvalue weighted by Crippen LogP contribution is -2.10. The number of benzene rings is 3. The number of amides is 1. The van der Waals surface area contributed by atoms with E-state index in [0.717, 1.165) is 11.1 Å². The smallest absolute Gasteiger partial charge is 0.291 e. The molecule has 35 heavy (non-hydrogen) atoms. The highest BCUT2D eigenvalue weighted by Crippen LogP contribution is 2.32. The van der Waals surface area contributed by atoms with Crippen LogP contribution in [-0.4, -0.2) is 22.9 Å². The number of carbonyl (C=O) groups is 1. The van der Waals surface area contributed by atoms with Gasteiger partial charge in [0.05, 0.1) is 17.6 Å². The zero-order valence-corrected chi connectivity index (χ0v) is 18.8. The van der Waals surface area contributed by atoms with Crippen molar-refractivity contribution < 1.29 is 23.3 Å². The molecule has 0 spiro atoms. The van der Waals surface area contributed by atoms with Gasteiger partial charge in [-0.25, -0.2) is 4.98 Å². The molecule has 9 heteroatoms. The monoisotopic (exact) mass is 469 g/mol. The first-order valence-electron chi connectivity index (χ1n) is 10.6. The van der Waals surface area contributed by atoms with Crippen LogP contribution in [0, 0.1) is 17.0 Å². The molecule has 0 unspecified atom stereocenters. The predicted octanol–water partition coefficient (Wildman–Crippen LogP) is 6.23. The number of aryl methyl sites for hydroxylation is 1. The van der Waals surface area contributed by atoms with E-state index in [1.807, 2.05) is 24.3 Å². The minimum absolute atomic E-state index is 0.0205. The molecule has 0 atom stereocenters. The van der Waals surface area contributed by atoms with Gasteiger partial charge in [-0.2, -0.15) is 0 Å². The van der Waals surface area contributed by atoms with Gasteiger partial charge in [0.25, 0.3) is 11.6 Å². The number of hydrogen-bond donors (Lipinski definition) is 1. The average molecular weight is 469 g/mol. The van der Waals surface area contributed by atoms with E-state index in [9.17, 15) is 14.9 Å². The fourth-order valence-corrected chi connectivity index (χ4v) is 3.68. The molecule has 0 fully saturated rings. The van der Waals surface area contributed by atoms with Crippen molar-refractivity contribution in [1.29, 1.82) is 0 Å². The Labute approximate surface area is 199 Å². The predicted molar refractivity (Wildman–Crippen MR) is 129 cm³/mol. The number of ether oxygens (including phenoxy) is 1.